The fraction of sp³-hybridized carbons (Fsp3) is 0.429. The van der Waals surface area contributed by atoms with E-state index >= 15 is 0 Å². The quantitative estimate of drug-likeness (QED) is 0.0877. The molecule has 270 valence electrons. The SMILES string of the molecule is CCc1cc(C(c2cc(CC)c(O)c(CC)c2)C(c2cc(COC)c(O)c(COC)c2)c2cc(COC)c(O)c(COC)c2)cc(CC)c1O. The number of benzene rings is 4. The fourth-order valence-corrected chi connectivity index (χ4v) is 7.16. The van der Waals surface area contributed by atoms with Crippen LogP contribution in [0.3, 0.4) is 0 Å². The normalized spacial score (nSPS) is 11.6. The number of hydrogen-bond acceptors (Lipinski definition) is 8. The van der Waals surface area contributed by atoms with Gasteiger partial charge in [-0.1, -0.05) is 52.0 Å². The highest BCUT2D eigenvalue weighted by Gasteiger charge is 2.33. The van der Waals surface area contributed by atoms with Gasteiger partial charge in [0.25, 0.3) is 0 Å². The molecule has 4 aromatic rings. The third kappa shape index (κ3) is 8.10. The van der Waals surface area contributed by atoms with E-state index in [1.54, 1.807) is 28.4 Å². The predicted octanol–water partition coefficient (Wildman–Crippen LogP) is 8.31. The van der Waals surface area contributed by atoms with E-state index in [2.05, 4.69) is 24.3 Å². The van der Waals surface area contributed by atoms with Crippen molar-refractivity contribution in [1.29, 1.82) is 0 Å². The van der Waals surface area contributed by atoms with Gasteiger partial charge in [-0.15, -0.1) is 0 Å². The van der Waals surface area contributed by atoms with Gasteiger partial charge in [0.15, 0.2) is 0 Å². The first-order chi connectivity index (χ1) is 24.1. The Kier molecular flexibility index (Phi) is 13.7. The molecule has 0 saturated heterocycles. The molecule has 50 heavy (non-hydrogen) atoms. The highest BCUT2D eigenvalue weighted by atomic mass is 16.5. The van der Waals surface area contributed by atoms with Crippen molar-refractivity contribution in [1.82, 2.24) is 0 Å². The molecule has 0 spiro atoms. The second kappa shape index (κ2) is 17.7. The summed E-state index contributed by atoms with van der Waals surface area (Å²) in [5, 5.41) is 45.1. The van der Waals surface area contributed by atoms with Crippen molar-refractivity contribution >= 4 is 0 Å². The summed E-state index contributed by atoms with van der Waals surface area (Å²) in [4.78, 5) is 0. The Morgan fingerprint density at radius 3 is 0.720 bits per heavy atom. The zero-order valence-corrected chi connectivity index (χ0v) is 30.9. The van der Waals surface area contributed by atoms with E-state index in [0.29, 0.717) is 59.4 Å². The Bertz CT molecular complexity index is 1530. The Balaban J connectivity index is 2.25. The standard InChI is InChI=1S/C42H54O8/c1-9-25-13-29(14-26(10-2)39(25)43)37(30-15-27(11-3)40(44)28(12-4)16-30)38(31-17-33(21-47-5)41(45)34(18-31)22-48-6)32-19-35(23-49-7)42(46)36(20-32)24-50-8/h13-20,37-38,43-46H,9-12,21-24H2,1-8H3. The molecule has 0 aliphatic heterocycles. The highest BCUT2D eigenvalue weighted by Crippen LogP contribution is 2.48. The molecule has 8 heteroatoms. The van der Waals surface area contributed by atoms with E-state index in [9.17, 15) is 20.4 Å². The average Bonchev–Trinajstić information content (AvgIpc) is 3.11. The number of aromatic hydroxyl groups is 4. The summed E-state index contributed by atoms with van der Waals surface area (Å²) in [6.45, 7) is 8.90. The Labute approximate surface area is 297 Å². The van der Waals surface area contributed by atoms with Crippen LogP contribution in [-0.2, 0) is 71.1 Å². The lowest BCUT2D eigenvalue weighted by Crippen LogP contribution is -2.18. The molecule has 0 aliphatic rings. The molecule has 0 aromatic heterocycles. The summed E-state index contributed by atoms with van der Waals surface area (Å²) in [7, 11) is 6.39. The van der Waals surface area contributed by atoms with Crippen LogP contribution in [0.5, 0.6) is 23.0 Å². The molecular formula is C42H54O8. The summed E-state index contributed by atoms with van der Waals surface area (Å²) in [5.74, 6) is 0.130. The van der Waals surface area contributed by atoms with Crippen LogP contribution >= 0.6 is 0 Å². The number of phenolic OH excluding ortho intramolecular Hbond substituents is 4. The van der Waals surface area contributed by atoms with Gasteiger partial charge in [0.05, 0.1) is 26.4 Å². The van der Waals surface area contributed by atoms with Crippen molar-refractivity contribution < 1.29 is 39.4 Å². The molecule has 4 N–H and O–H groups in total. The highest BCUT2D eigenvalue weighted by molar-refractivity contribution is 5.57. The van der Waals surface area contributed by atoms with Crippen molar-refractivity contribution in [2.24, 2.45) is 0 Å². The third-order valence-electron chi connectivity index (χ3n) is 9.65. The zero-order chi connectivity index (χ0) is 36.5. The number of phenols is 4. The third-order valence-corrected chi connectivity index (χ3v) is 9.65. The molecule has 8 nitrogen and oxygen atoms in total. The van der Waals surface area contributed by atoms with Crippen LogP contribution in [0.25, 0.3) is 0 Å². The van der Waals surface area contributed by atoms with Crippen LogP contribution in [0, 0.1) is 0 Å². The molecule has 0 unspecified atom stereocenters. The summed E-state index contributed by atoms with van der Waals surface area (Å²) in [6.07, 6.45) is 2.57. The Morgan fingerprint density at radius 1 is 0.360 bits per heavy atom. The molecule has 0 atom stereocenters. The van der Waals surface area contributed by atoms with E-state index in [1.165, 1.54) is 0 Å². The second-order valence-corrected chi connectivity index (χ2v) is 12.9. The maximum atomic E-state index is 11.3. The van der Waals surface area contributed by atoms with Crippen molar-refractivity contribution in [3.8, 4) is 23.0 Å². The lowest BCUT2D eigenvalue weighted by Gasteiger charge is -2.33. The van der Waals surface area contributed by atoms with Crippen LogP contribution in [0.2, 0.25) is 0 Å². The minimum atomic E-state index is -0.397. The zero-order valence-electron chi connectivity index (χ0n) is 30.9. The van der Waals surface area contributed by atoms with Crippen LogP contribution in [0.1, 0.15) is 106 Å². The first kappa shape index (κ1) is 38.7. The van der Waals surface area contributed by atoms with Gasteiger partial charge >= 0.3 is 0 Å². The lowest BCUT2D eigenvalue weighted by atomic mass is 9.71. The fourth-order valence-electron chi connectivity index (χ4n) is 7.16. The van der Waals surface area contributed by atoms with Crippen molar-refractivity contribution in [2.45, 2.75) is 91.6 Å². The molecule has 0 heterocycles. The summed E-state index contributed by atoms with van der Waals surface area (Å²) in [5.41, 5.74) is 9.70. The molecule has 0 aliphatic carbocycles. The van der Waals surface area contributed by atoms with Crippen molar-refractivity contribution in [2.75, 3.05) is 28.4 Å². The smallest absolute Gasteiger partial charge is 0.126 e. The van der Waals surface area contributed by atoms with Crippen LogP contribution in [0.15, 0.2) is 48.5 Å². The molecule has 0 saturated carbocycles. The number of rotatable bonds is 17. The molecule has 0 fully saturated rings. The van der Waals surface area contributed by atoms with Crippen LogP contribution in [0.4, 0.5) is 0 Å². The van der Waals surface area contributed by atoms with Crippen molar-refractivity contribution in [3.05, 3.63) is 115 Å². The first-order valence-corrected chi connectivity index (χ1v) is 17.4. The first-order valence-electron chi connectivity index (χ1n) is 17.4. The summed E-state index contributed by atoms with van der Waals surface area (Å²) >= 11 is 0. The van der Waals surface area contributed by atoms with E-state index in [-0.39, 0.29) is 43.8 Å². The average molecular weight is 687 g/mol. The molecule has 0 radical (unpaired) electrons. The number of aryl methyl sites for hydroxylation is 4. The van der Waals surface area contributed by atoms with E-state index in [4.69, 9.17) is 18.9 Å². The number of methoxy groups -OCH3 is 4. The molecule has 4 rings (SSSR count). The maximum absolute atomic E-state index is 11.3. The van der Waals surface area contributed by atoms with Gasteiger partial charge in [0.1, 0.15) is 23.0 Å². The Morgan fingerprint density at radius 2 is 0.540 bits per heavy atom. The maximum Gasteiger partial charge on any atom is 0.126 e. The molecule has 0 bridgehead atoms. The molecule has 4 aromatic carbocycles. The number of hydrogen-bond donors (Lipinski definition) is 4. The van der Waals surface area contributed by atoms with Gasteiger partial charge in [-0.05, 0) is 94.5 Å². The van der Waals surface area contributed by atoms with Gasteiger partial charge in [-0.25, -0.2) is 0 Å². The second-order valence-electron chi connectivity index (χ2n) is 12.9. The summed E-state index contributed by atoms with van der Waals surface area (Å²) < 4.78 is 22.2. The number of ether oxygens (including phenoxy) is 4. The van der Waals surface area contributed by atoms with Crippen LogP contribution < -0.4 is 0 Å². The minimum absolute atomic E-state index is 0.121. The van der Waals surface area contributed by atoms with E-state index in [0.717, 1.165) is 44.5 Å². The summed E-state index contributed by atoms with van der Waals surface area (Å²) in [6, 6.07) is 16.3. The van der Waals surface area contributed by atoms with Gasteiger partial charge < -0.3 is 39.4 Å². The predicted molar refractivity (Wildman–Crippen MR) is 196 cm³/mol. The Hall–Kier alpha value is -4.08. The van der Waals surface area contributed by atoms with E-state index in [1.807, 2.05) is 52.0 Å². The largest absolute Gasteiger partial charge is 0.507 e. The minimum Gasteiger partial charge on any atom is -0.507 e. The monoisotopic (exact) mass is 686 g/mol. The topological polar surface area (TPSA) is 118 Å². The van der Waals surface area contributed by atoms with Gasteiger partial charge in [-0.3, -0.25) is 0 Å². The van der Waals surface area contributed by atoms with Crippen molar-refractivity contribution in [3.63, 3.8) is 0 Å². The lowest BCUT2D eigenvalue weighted by molar-refractivity contribution is 0.174. The van der Waals surface area contributed by atoms with E-state index < -0.39 is 5.92 Å². The van der Waals surface area contributed by atoms with Gasteiger partial charge in [-0.2, -0.15) is 0 Å². The van der Waals surface area contributed by atoms with Gasteiger partial charge in [0.2, 0.25) is 0 Å². The molecule has 0 amide bonds. The molecular weight excluding hydrogens is 632 g/mol. The van der Waals surface area contributed by atoms with Gasteiger partial charge in [0, 0.05) is 62.5 Å². The van der Waals surface area contributed by atoms with Crippen LogP contribution in [-0.4, -0.2) is 48.9 Å².